The van der Waals surface area contributed by atoms with Gasteiger partial charge in [-0.2, -0.15) is 0 Å². The minimum atomic E-state index is -2.99. The van der Waals surface area contributed by atoms with E-state index in [0.29, 0.717) is 32.4 Å². The molecule has 4 unspecified atom stereocenters. The number of aromatic nitrogens is 2. The van der Waals surface area contributed by atoms with Crippen LogP contribution in [0, 0.1) is 0 Å². The number of likely N-dealkylation sites (tertiary alicyclic amines) is 1. The third kappa shape index (κ3) is 9.97. The molecule has 2 aliphatic rings. The standard InChI is InChI=1S/C29H51N4O9P/c1-2-3-4-5-6-7-8-9-10-11-12-13-16-29(20-41-43(39)40,32-17-14-21(30)19-32)26(37)25-23(35)24(36)27(42-25)33-18-15-22(34)31-28(33)38/h15,18,21,23-27,35-37H,2-14,16-17,19-20,30H2,1H3,(H-,31,34,38,39,40)/p+1/t21?,23-,24+,25-,26?,27+,29?/m0/s1. The van der Waals surface area contributed by atoms with E-state index < -0.39 is 55.7 Å². The van der Waals surface area contributed by atoms with E-state index in [0.717, 1.165) is 36.1 Å². The van der Waals surface area contributed by atoms with Crippen molar-refractivity contribution in [2.75, 3.05) is 19.7 Å². The van der Waals surface area contributed by atoms with Gasteiger partial charge in [0, 0.05) is 36.0 Å². The topological polar surface area (TPSA) is 201 Å². The second-order valence-electron chi connectivity index (χ2n) is 12.2. The molecular formula is C29H52N4O9P+. The molecule has 14 heteroatoms. The zero-order valence-electron chi connectivity index (χ0n) is 25.4. The van der Waals surface area contributed by atoms with Gasteiger partial charge >= 0.3 is 13.9 Å². The molecule has 0 saturated carbocycles. The number of hydrogen-bond donors (Lipinski definition) is 6. The number of nitrogens with one attached hydrogen (secondary N) is 1. The molecule has 7 N–H and O–H groups in total. The number of nitrogens with zero attached hydrogens (tertiary/aromatic N) is 2. The van der Waals surface area contributed by atoms with Gasteiger partial charge in [0.2, 0.25) is 0 Å². The van der Waals surface area contributed by atoms with Crippen LogP contribution in [0.5, 0.6) is 0 Å². The lowest BCUT2D eigenvalue weighted by molar-refractivity contribution is -0.149. The normalized spacial score (nSPS) is 26.9. The smallest absolute Gasteiger partial charge is 0.388 e. The number of hydrogen-bond acceptors (Lipinski definition) is 10. The summed E-state index contributed by atoms with van der Waals surface area (Å²) < 4.78 is 23.8. The summed E-state index contributed by atoms with van der Waals surface area (Å²) in [6.07, 6.45) is 8.52. The molecule has 0 spiro atoms. The Morgan fingerprint density at radius 2 is 1.67 bits per heavy atom. The first kappa shape index (κ1) is 35.9. The summed E-state index contributed by atoms with van der Waals surface area (Å²) in [5.41, 5.74) is 3.49. The van der Waals surface area contributed by atoms with Crippen LogP contribution in [0.1, 0.15) is 103 Å². The Morgan fingerprint density at radius 3 is 2.21 bits per heavy atom. The fourth-order valence-corrected chi connectivity index (χ4v) is 6.82. The summed E-state index contributed by atoms with van der Waals surface area (Å²) in [7, 11) is -2.99. The summed E-state index contributed by atoms with van der Waals surface area (Å²) in [6.45, 7) is 2.79. The van der Waals surface area contributed by atoms with Gasteiger partial charge in [0.25, 0.3) is 5.56 Å². The zero-order chi connectivity index (χ0) is 31.4. The number of H-pyrrole nitrogens is 1. The van der Waals surface area contributed by atoms with Gasteiger partial charge in [-0.1, -0.05) is 84.0 Å². The molecule has 1 aromatic rings. The van der Waals surface area contributed by atoms with Crippen molar-refractivity contribution in [3.63, 3.8) is 0 Å². The number of aliphatic hydroxyl groups is 3. The molecule has 2 saturated heterocycles. The lowest BCUT2D eigenvalue weighted by Crippen LogP contribution is -2.64. The molecule has 3 heterocycles. The highest BCUT2D eigenvalue weighted by Gasteiger charge is 2.56. The van der Waals surface area contributed by atoms with Crippen molar-refractivity contribution in [3.05, 3.63) is 33.1 Å². The average Bonchev–Trinajstić information content (AvgIpc) is 3.53. The third-order valence-corrected chi connectivity index (χ3v) is 9.35. The van der Waals surface area contributed by atoms with Crippen molar-refractivity contribution < 1.29 is 34.0 Å². The van der Waals surface area contributed by atoms with E-state index in [1.54, 1.807) is 0 Å². The van der Waals surface area contributed by atoms with Crippen LogP contribution >= 0.6 is 8.25 Å². The molecule has 3 rings (SSSR count). The largest absolute Gasteiger partial charge is 0.694 e. The molecule has 0 amide bonds. The Hall–Kier alpha value is -1.54. The second-order valence-corrected chi connectivity index (χ2v) is 12.9. The number of rotatable bonds is 20. The maximum absolute atomic E-state index is 12.4. The minimum absolute atomic E-state index is 0.177. The van der Waals surface area contributed by atoms with Gasteiger partial charge in [-0.15, -0.1) is 9.42 Å². The number of aromatic amines is 1. The van der Waals surface area contributed by atoms with E-state index >= 15 is 0 Å². The Kier molecular flexibility index (Phi) is 14.9. The van der Waals surface area contributed by atoms with Crippen LogP contribution in [0.2, 0.25) is 0 Å². The first-order valence-electron chi connectivity index (χ1n) is 15.9. The SMILES string of the molecule is CCCCCCCCCCCCCCC(CO[P+](=O)O)(C(O)[C@H]1O[C@@H](n2ccc(=O)[nH]c2=O)[C@H](O)[C@@H]1O)N1CCC(N)C1. The molecule has 0 aromatic carbocycles. The van der Waals surface area contributed by atoms with E-state index in [9.17, 15) is 34.4 Å². The fraction of sp³-hybridized carbons (Fsp3) is 0.862. The number of ether oxygens (including phenoxy) is 1. The number of aliphatic hydroxyl groups excluding tert-OH is 3. The predicted octanol–water partition coefficient (Wildman–Crippen LogP) is 2.05. The molecule has 1 aromatic heterocycles. The Balaban J connectivity index is 1.69. The van der Waals surface area contributed by atoms with Crippen LogP contribution < -0.4 is 17.0 Å². The predicted molar refractivity (Wildman–Crippen MR) is 162 cm³/mol. The van der Waals surface area contributed by atoms with E-state index in [1.165, 1.54) is 51.4 Å². The van der Waals surface area contributed by atoms with Crippen LogP contribution in [0.4, 0.5) is 0 Å². The summed E-state index contributed by atoms with van der Waals surface area (Å²) in [5, 5.41) is 33.7. The molecule has 8 atom stereocenters. The minimum Gasteiger partial charge on any atom is -0.388 e. The molecule has 0 bridgehead atoms. The summed E-state index contributed by atoms with van der Waals surface area (Å²) in [5.74, 6) is 0. The summed E-state index contributed by atoms with van der Waals surface area (Å²) >= 11 is 0. The highest BCUT2D eigenvalue weighted by atomic mass is 31.1. The van der Waals surface area contributed by atoms with Gasteiger partial charge in [-0.3, -0.25) is 19.2 Å². The number of unbranched alkanes of at least 4 members (excludes halogenated alkanes) is 11. The Morgan fingerprint density at radius 1 is 1.07 bits per heavy atom. The highest BCUT2D eigenvalue weighted by Crippen LogP contribution is 2.40. The van der Waals surface area contributed by atoms with E-state index in [-0.39, 0.29) is 12.6 Å². The van der Waals surface area contributed by atoms with Crippen molar-refractivity contribution in [3.8, 4) is 0 Å². The van der Waals surface area contributed by atoms with E-state index in [1.807, 2.05) is 4.90 Å². The molecule has 13 nitrogen and oxygen atoms in total. The molecule has 0 radical (unpaired) electrons. The molecule has 246 valence electrons. The highest BCUT2D eigenvalue weighted by molar-refractivity contribution is 7.32. The zero-order valence-corrected chi connectivity index (χ0v) is 26.3. The average molecular weight is 632 g/mol. The maximum Gasteiger partial charge on any atom is 0.694 e. The van der Waals surface area contributed by atoms with Crippen LogP contribution in [0.25, 0.3) is 0 Å². The monoisotopic (exact) mass is 631 g/mol. The molecular weight excluding hydrogens is 579 g/mol. The summed E-state index contributed by atoms with van der Waals surface area (Å²) in [6, 6.07) is 0.909. The lowest BCUT2D eigenvalue weighted by atomic mass is 9.81. The fourth-order valence-electron chi connectivity index (χ4n) is 6.48. The van der Waals surface area contributed by atoms with Crippen molar-refractivity contribution in [1.82, 2.24) is 14.5 Å². The lowest BCUT2D eigenvalue weighted by Gasteiger charge is -2.46. The van der Waals surface area contributed by atoms with Gasteiger partial charge in [0.05, 0.1) is 5.54 Å². The van der Waals surface area contributed by atoms with Crippen LogP contribution in [0.15, 0.2) is 21.9 Å². The van der Waals surface area contributed by atoms with Crippen LogP contribution in [-0.4, -0.2) is 90.4 Å². The Labute approximate surface area is 254 Å². The Bertz CT molecular complexity index is 1100. The number of nitrogens with two attached hydrogens (primary N) is 1. The quantitative estimate of drug-likeness (QED) is 0.0909. The first-order chi connectivity index (χ1) is 20.6. The van der Waals surface area contributed by atoms with Gasteiger partial charge in [0.15, 0.2) is 6.23 Å². The van der Waals surface area contributed by atoms with Crippen molar-refractivity contribution in [2.24, 2.45) is 5.73 Å². The molecule has 2 fully saturated rings. The van der Waals surface area contributed by atoms with E-state index in [2.05, 4.69) is 11.9 Å². The van der Waals surface area contributed by atoms with Gasteiger partial charge < -0.3 is 25.8 Å². The van der Waals surface area contributed by atoms with Crippen LogP contribution in [0.3, 0.4) is 0 Å². The second kappa shape index (κ2) is 17.8. The van der Waals surface area contributed by atoms with Crippen LogP contribution in [-0.2, 0) is 13.8 Å². The molecule has 2 aliphatic heterocycles. The molecule has 43 heavy (non-hydrogen) atoms. The van der Waals surface area contributed by atoms with Gasteiger partial charge in [-0.05, 0) is 12.8 Å². The van der Waals surface area contributed by atoms with Crippen molar-refractivity contribution in [1.29, 1.82) is 0 Å². The van der Waals surface area contributed by atoms with Crippen molar-refractivity contribution in [2.45, 2.75) is 139 Å². The van der Waals surface area contributed by atoms with Crippen molar-refractivity contribution >= 4 is 8.25 Å². The third-order valence-electron chi connectivity index (χ3n) is 9.00. The molecule has 0 aliphatic carbocycles. The first-order valence-corrected chi connectivity index (χ1v) is 17.0. The van der Waals surface area contributed by atoms with E-state index in [4.69, 9.17) is 15.0 Å². The summed E-state index contributed by atoms with van der Waals surface area (Å²) in [4.78, 5) is 37.5. The van der Waals surface area contributed by atoms with Gasteiger partial charge in [-0.25, -0.2) is 4.79 Å². The van der Waals surface area contributed by atoms with Gasteiger partial charge in [0.1, 0.15) is 31.0 Å². The maximum atomic E-state index is 12.4.